The van der Waals surface area contributed by atoms with Gasteiger partial charge in [0.05, 0.1) is 0 Å². The Hall–Kier alpha value is -2.49. The summed E-state index contributed by atoms with van der Waals surface area (Å²) in [6.45, 7) is 1.70. The lowest BCUT2D eigenvalue weighted by atomic mass is 9.96. The number of nitrogens with zero attached hydrogens (tertiary/aromatic N) is 2. The maximum absolute atomic E-state index is 4.36. The van der Waals surface area contributed by atoms with E-state index < -0.39 is 0 Å². The third kappa shape index (κ3) is 4.32. The fourth-order valence-electron chi connectivity index (χ4n) is 3.08. The van der Waals surface area contributed by atoms with Crippen LogP contribution in [0, 0.1) is 0 Å². The average molecular weight is 336 g/mol. The van der Waals surface area contributed by atoms with E-state index in [1.54, 1.807) is 0 Å². The molecule has 2 aromatic carbocycles. The first kappa shape index (κ1) is 17.3. The molecule has 1 saturated carbocycles. The summed E-state index contributed by atoms with van der Waals surface area (Å²) in [5.41, 5.74) is 4.17. The minimum atomic E-state index is 0.284. The SMILES string of the molecule is CN=C(NCc1ccc(N(C)C)cc1)NCC1(c2ccccc2)CC1. The third-order valence-electron chi connectivity index (χ3n) is 4.97. The number of anilines is 1. The van der Waals surface area contributed by atoms with E-state index in [1.165, 1.54) is 29.7 Å². The van der Waals surface area contributed by atoms with Crippen LogP contribution in [-0.4, -0.2) is 33.6 Å². The van der Waals surface area contributed by atoms with Gasteiger partial charge in [-0.1, -0.05) is 42.5 Å². The van der Waals surface area contributed by atoms with Gasteiger partial charge in [0.25, 0.3) is 0 Å². The normalized spacial score (nSPS) is 15.6. The second kappa shape index (κ2) is 7.60. The monoisotopic (exact) mass is 336 g/mol. The van der Waals surface area contributed by atoms with Gasteiger partial charge in [0, 0.05) is 45.3 Å². The highest BCUT2D eigenvalue weighted by Gasteiger charge is 2.43. The number of rotatable bonds is 6. The molecule has 2 N–H and O–H groups in total. The Morgan fingerprint density at radius 1 is 1.00 bits per heavy atom. The molecule has 0 heterocycles. The first-order valence-corrected chi connectivity index (χ1v) is 8.89. The van der Waals surface area contributed by atoms with Crippen molar-refractivity contribution in [2.24, 2.45) is 4.99 Å². The molecule has 4 heteroatoms. The van der Waals surface area contributed by atoms with Gasteiger partial charge >= 0.3 is 0 Å². The Morgan fingerprint density at radius 3 is 2.24 bits per heavy atom. The maximum Gasteiger partial charge on any atom is 0.191 e. The van der Waals surface area contributed by atoms with Gasteiger partial charge in [-0.25, -0.2) is 0 Å². The molecule has 2 aromatic rings. The quantitative estimate of drug-likeness (QED) is 0.629. The fourth-order valence-corrected chi connectivity index (χ4v) is 3.08. The van der Waals surface area contributed by atoms with Crippen molar-refractivity contribution in [3.63, 3.8) is 0 Å². The van der Waals surface area contributed by atoms with E-state index in [0.717, 1.165) is 19.0 Å². The van der Waals surface area contributed by atoms with Crippen LogP contribution in [0.15, 0.2) is 59.6 Å². The number of hydrogen-bond acceptors (Lipinski definition) is 2. The average Bonchev–Trinajstić information content (AvgIpc) is 3.44. The molecule has 1 aliphatic carbocycles. The number of guanidine groups is 1. The predicted molar refractivity (Wildman–Crippen MR) is 106 cm³/mol. The highest BCUT2D eigenvalue weighted by Crippen LogP contribution is 2.47. The van der Waals surface area contributed by atoms with E-state index in [1.807, 2.05) is 7.05 Å². The molecule has 3 rings (SSSR count). The van der Waals surface area contributed by atoms with E-state index in [9.17, 15) is 0 Å². The Bertz CT molecular complexity index is 700. The van der Waals surface area contributed by atoms with Crippen molar-refractivity contribution in [2.45, 2.75) is 24.8 Å². The summed E-state index contributed by atoms with van der Waals surface area (Å²) in [5, 5.41) is 6.91. The lowest BCUT2D eigenvalue weighted by Gasteiger charge is -2.19. The summed E-state index contributed by atoms with van der Waals surface area (Å²) in [5.74, 6) is 0.860. The van der Waals surface area contributed by atoms with Crippen LogP contribution in [-0.2, 0) is 12.0 Å². The molecule has 0 atom stereocenters. The van der Waals surface area contributed by atoms with Crippen molar-refractivity contribution in [3.05, 3.63) is 65.7 Å². The molecule has 0 bridgehead atoms. The highest BCUT2D eigenvalue weighted by molar-refractivity contribution is 5.79. The second-order valence-corrected chi connectivity index (χ2v) is 6.99. The van der Waals surface area contributed by atoms with E-state index >= 15 is 0 Å². The zero-order valence-corrected chi connectivity index (χ0v) is 15.4. The molecule has 4 nitrogen and oxygen atoms in total. The summed E-state index contributed by atoms with van der Waals surface area (Å²) in [7, 11) is 5.94. The van der Waals surface area contributed by atoms with Gasteiger partial charge in [-0.2, -0.15) is 0 Å². The zero-order chi connectivity index (χ0) is 17.7. The molecule has 25 heavy (non-hydrogen) atoms. The van der Waals surface area contributed by atoms with E-state index in [2.05, 4.69) is 89.2 Å². The van der Waals surface area contributed by atoms with Crippen molar-refractivity contribution < 1.29 is 0 Å². The van der Waals surface area contributed by atoms with Crippen molar-refractivity contribution >= 4 is 11.6 Å². The number of hydrogen-bond donors (Lipinski definition) is 2. The standard InChI is InChI=1S/C21H28N4/c1-22-20(23-15-17-9-11-19(12-10-17)25(2)3)24-16-21(13-14-21)18-7-5-4-6-8-18/h4-12H,13-16H2,1-3H3,(H2,22,23,24). The molecule has 0 aliphatic heterocycles. The largest absolute Gasteiger partial charge is 0.378 e. The minimum Gasteiger partial charge on any atom is -0.378 e. The lowest BCUT2D eigenvalue weighted by molar-refractivity contribution is 0.645. The van der Waals surface area contributed by atoms with E-state index in [-0.39, 0.29) is 5.41 Å². The molecular formula is C21H28N4. The highest BCUT2D eigenvalue weighted by atomic mass is 15.2. The Labute approximate surface area is 151 Å². The zero-order valence-electron chi connectivity index (χ0n) is 15.4. The summed E-state index contributed by atoms with van der Waals surface area (Å²) >= 11 is 0. The van der Waals surface area contributed by atoms with Crippen molar-refractivity contribution in [3.8, 4) is 0 Å². The molecular weight excluding hydrogens is 308 g/mol. The van der Waals surface area contributed by atoms with Crippen LogP contribution < -0.4 is 15.5 Å². The summed E-state index contributed by atoms with van der Waals surface area (Å²) in [6.07, 6.45) is 2.49. The van der Waals surface area contributed by atoms with Crippen LogP contribution in [0.25, 0.3) is 0 Å². The smallest absolute Gasteiger partial charge is 0.191 e. The first-order chi connectivity index (χ1) is 12.1. The van der Waals surface area contributed by atoms with Gasteiger partial charge in [0.2, 0.25) is 0 Å². The van der Waals surface area contributed by atoms with Crippen LogP contribution in [0.2, 0.25) is 0 Å². The molecule has 0 spiro atoms. The third-order valence-corrected chi connectivity index (χ3v) is 4.97. The lowest BCUT2D eigenvalue weighted by Crippen LogP contribution is -2.40. The predicted octanol–water partition coefficient (Wildman–Crippen LogP) is 3.15. The topological polar surface area (TPSA) is 39.7 Å². The Kier molecular flexibility index (Phi) is 5.27. The van der Waals surface area contributed by atoms with Gasteiger partial charge in [0.1, 0.15) is 0 Å². The second-order valence-electron chi connectivity index (χ2n) is 6.99. The van der Waals surface area contributed by atoms with Crippen LogP contribution >= 0.6 is 0 Å². The van der Waals surface area contributed by atoms with Crippen LogP contribution in [0.1, 0.15) is 24.0 Å². The molecule has 0 unspecified atom stereocenters. The van der Waals surface area contributed by atoms with Crippen molar-refractivity contribution in [1.82, 2.24) is 10.6 Å². The fraction of sp³-hybridized carbons (Fsp3) is 0.381. The van der Waals surface area contributed by atoms with Gasteiger partial charge in [-0.05, 0) is 36.1 Å². The molecule has 0 amide bonds. The Balaban J connectivity index is 1.52. The number of nitrogens with one attached hydrogen (secondary N) is 2. The van der Waals surface area contributed by atoms with Gasteiger partial charge in [-0.15, -0.1) is 0 Å². The molecule has 132 valence electrons. The van der Waals surface area contributed by atoms with E-state index in [4.69, 9.17) is 0 Å². The number of aliphatic imine (C=N–C) groups is 1. The van der Waals surface area contributed by atoms with E-state index in [0.29, 0.717) is 0 Å². The first-order valence-electron chi connectivity index (χ1n) is 8.89. The van der Waals surface area contributed by atoms with Crippen LogP contribution in [0.4, 0.5) is 5.69 Å². The van der Waals surface area contributed by atoms with Crippen molar-refractivity contribution in [2.75, 3.05) is 32.6 Å². The van der Waals surface area contributed by atoms with Crippen LogP contribution in [0.3, 0.4) is 0 Å². The molecule has 1 aliphatic rings. The number of benzene rings is 2. The van der Waals surface area contributed by atoms with Gasteiger partial charge < -0.3 is 15.5 Å². The molecule has 1 fully saturated rings. The molecule has 0 radical (unpaired) electrons. The summed E-state index contributed by atoms with van der Waals surface area (Å²) in [6, 6.07) is 19.4. The maximum atomic E-state index is 4.36. The van der Waals surface area contributed by atoms with Gasteiger partial charge in [0.15, 0.2) is 5.96 Å². The molecule has 0 aromatic heterocycles. The summed E-state index contributed by atoms with van der Waals surface area (Å²) in [4.78, 5) is 6.47. The van der Waals surface area contributed by atoms with Crippen molar-refractivity contribution in [1.29, 1.82) is 0 Å². The molecule has 0 saturated heterocycles. The minimum absolute atomic E-state index is 0.284. The Morgan fingerprint density at radius 2 is 1.68 bits per heavy atom. The van der Waals surface area contributed by atoms with Crippen LogP contribution in [0.5, 0.6) is 0 Å². The summed E-state index contributed by atoms with van der Waals surface area (Å²) < 4.78 is 0. The van der Waals surface area contributed by atoms with Gasteiger partial charge in [-0.3, -0.25) is 4.99 Å².